The van der Waals surface area contributed by atoms with Crippen molar-refractivity contribution >= 4 is 11.9 Å². The minimum absolute atomic E-state index is 0.0397. The fourth-order valence-electron chi connectivity index (χ4n) is 3.79. The fourth-order valence-corrected chi connectivity index (χ4v) is 3.79. The van der Waals surface area contributed by atoms with Gasteiger partial charge in [-0.2, -0.15) is 0 Å². The van der Waals surface area contributed by atoms with Gasteiger partial charge in [-0.25, -0.2) is 15.0 Å². The molecule has 4 aromatic rings. The van der Waals surface area contributed by atoms with Gasteiger partial charge in [0.1, 0.15) is 17.2 Å². The monoisotopic (exact) mass is 410 g/mol. The minimum Gasteiger partial charge on any atom is -0.337 e. The number of hydrogen-bond donors (Lipinski definition) is 1. The third-order valence-corrected chi connectivity index (χ3v) is 5.41. The lowest BCUT2D eigenvalue weighted by molar-refractivity contribution is 0.0742. The van der Waals surface area contributed by atoms with E-state index in [1.54, 1.807) is 18.5 Å². The standard InChI is InChI=1S/C24H22N6O/c31-23(29-14-16-30(17-15-29)24-25-12-7-13-26-24)21-20(18-8-3-1-4-9-18)27-22(28-21)19-10-5-2-6-11-19/h1-13H,14-17H2,(H,27,28). The molecule has 0 spiro atoms. The van der Waals surface area contributed by atoms with E-state index in [1.807, 2.05) is 65.6 Å². The number of rotatable bonds is 4. The van der Waals surface area contributed by atoms with Crippen molar-refractivity contribution in [2.45, 2.75) is 0 Å². The van der Waals surface area contributed by atoms with Gasteiger partial charge in [-0.15, -0.1) is 0 Å². The molecule has 1 fully saturated rings. The number of H-pyrrole nitrogens is 1. The Labute approximate surface area is 180 Å². The van der Waals surface area contributed by atoms with E-state index in [9.17, 15) is 4.79 Å². The topological polar surface area (TPSA) is 78.0 Å². The normalized spacial score (nSPS) is 13.9. The number of nitrogens with zero attached hydrogens (tertiary/aromatic N) is 5. The molecule has 2 aromatic carbocycles. The van der Waals surface area contributed by atoms with Crippen molar-refractivity contribution in [1.29, 1.82) is 0 Å². The van der Waals surface area contributed by atoms with Crippen molar-refractivity contribution in [2.75, 3.05) is 31.1 Å². The van der Waals surface area contributed by atoms with Gasteiger partial charge in [-0.05, 0) is 6.07 Å². The number of aromatic amines is 1. The van der Waals surface area contributed by atoms with Gasteiger partial charge in [0.15, 0.2) is 0 Å². The van der Waals surface area contributed by atoms with Crippen LogP contribution in [0.4, 0.5) is 5.95 Å². The lowest BCUT2D eigenvalue weighted by Gasteiger charge is -2.34. The number of piperazine rings is 1. The van der Waals surface area contributed by atoms with Crippen molar-refractivity contribution in [3.63, 3.8) is 0 Å². The molecule has 7 nitrogen and oxygen atoms in total. The number of carbonyl (C=O) groups excluding carboxylic acids is 1. The number of hydrogen-bond acceptors (Lipinski definition) is 5. The molecule has 154 valence electrons. The number of aromatic nitrogens is 4. The zero-order valence-electron chi connectivity index (χ0n) is 17.0. The van der Waals surface area contributed by atoms with E-state index in [1.165, 1.54) is 0 Å². The molecule has 0 atom stereocenters. The first-order chi connectivity index (χ1) is 15.3. The summed E-state index contributed by atoms with van der Waals surface area (Å²) in [4.78, 5) is 34.2. The average Bonchev–Trinajstić information content (AvgIpc) is 3.31. The molecule has 1 aliphatic rings. The second-order valence-corrected chi connectivity index (χ2v) is 7.37. The van der Waals surface area contributed by atoms with Gasteiger partial charge in [0.2, 0.25) is 5.95 Å². The zero-order valence-corrected chi connectivity index (χ0v) is 17.0. The van der Waals surface area contributed by atoms with Gasteiger partial charge < -0.3 is 14.8 Å². The van der Waals surface area contributed by atoms with Gasteiger partial charge in [0.25, 0.3) is 5.91 Å². The Morgan fingerprint density at radius 3 is 2.03 bits per heavy atom. The van der Waals surface area contributed by atoms with E-state index < -0.39 is 0 Å². The Hall–Kier alpha value is -4.00. The van der Waals surface area contributed by atoms with Crippen molar-refractivity contribution in [3.05, 3.63) is 84.8 Å². The van der Waals surface area contributed by atoms with Gasteiger partial charge in [0.05, 0.1) is 0 Å². The molecule has 1 N–H and O–H groups in total. The Balaban J connectivity index is 1.42. The molecule has 2 aromatic heterocycles. The van der Waals surface area contributed by atoms with Crippen LogP contribution in [0.5, 0.6) is 0 Å². The Bertz CT molecular complexity index is 1150. The maximum absolute atomic E-state index is 13.5. The molecule has 7 heteroatoms. The summed E-state index contributed by atoms with van der Waals surface area (Å²) >= 11 is 0. The summed E-state index contributed by atoms with van der Waals surface area (Å²) in [6.07, 6.45) is 3.48. The lowest BCUT2D eigenvalue weighted by Crippen LogP contribution is -2.49. The van der Waals surface area contributed by atoms with Crippen LogP contribution in [0.3, 0.4) is 0 Å². The van der Waals surface area contributed by atoms with Crippen molar-refractivity contribution in [3.8, 4) is 22.6 Å². The minimum atomic E-state index is -0.0397. The van der Waals surface area contributed by atoms with Gasteiger partial charge in [-0.3, -0.25) is 4.79 Å². The molecule has 1 saturated heterocycles. The van der Waals surface area contributed by atoms with E-state index in [-0.39, 0.29) is 5.91 Å². The lowest BCUT2D eigenvalue weighted by atomic mass is 10.1. The summed E-state index contributed by atoms with van der Waals surface area (Å²) < 4.78 is 0. The number of imidazole rings is 1. The molecule has 1 amide bonds. The van der Waals surface area contributed by atoms with E-state index in [0.29, 0.717) is 49.3 Å². The summed E-state index contributed by atoms with van der Waals surface area (Å²) in [6, 6.07) is 21.5. The van der Waals surface area contributed by atoms with Crippen LogP contribution in [-0.2, 0) is 0 Å². The molecular formula is C24H22N6O. The Morgan fingerprint density at radius 1 is 0.774 bits per heavy atom. The highest BCUT2D eigenvalue weighted by molar-refractivity contribution is 5.99. The molecule has 1 aliphatic heterocycles. The molecule has 0 aliphatic carbocycles. The third kappa shape index (κ3) is 3.90. The maximum Gasteiger partial charge on any atom is 0.272 e. The fraction of sp³-hybridized carbons (Fsp3) is 0.167. The highest BCUT2D eigenvalue weighted by Gasteiger charge is 2.27. The van der Waals surface area contributed by atoms with E-state index in [2.05, 4.69) is 19.9 Å². The Kier molecular flexibility index (Phi) is 5.14. The van der Waals surface area contributed by atoms with Gasteiger partial charge in [-0.1, -0.05) is 60.7 Å². The predicted molar refractivity (Wildman–Crippen MR) is 120 cm³/mol. The number of carbonyl (C=O) groups is 1. The molecular weight excluding hydrogens is 388 g/mol. The molecule has 0 saturated carbocycles. The quantitative estimate of drug-likeness (QED) is 0.557. The van der Waals surface area contributed by atoms with Crippen LogP contribution in [0.15, 0.2) is 79.1 Å². The molecule has 0 radical (unpaired) electrons. The first kappa shape index (κ1) is 19.0. The third-order valence-electron chi connectivity index (χ3n) is 5.41. The first-order valence-corrected chi connectivity index (χ1v) is 10.3. The van der Waals surface area contributed by atoms with Crippen LogP contribution in [0.25, 0.3) is 22.6 Å². The second-order valence-electron chi connectivity index (χ2n) is 7.37. The van der Waals surface area contributed by atoms with Crippen LogP contribution in [0.2, 0.25) is 0 Å². The molecule has 5 rings (SSSR count). The van der Waals surface area contributed by atoms with Crippen LogP contribution in [-0.4, -0.2) is 56.9 Å². The second kappa shape index (κ2) is 8.39. The highest BCUT2D eigenvalue weighted by Crippen LogP contribution is 2.27. The Morgan fingerprint density at radius 2 is 1.39 bits per heavy atom. The number of nitrogens with one attached hydrogen (secondary N) is 1. The first-order valence-electron chi connectivity index (χ1n) is 10.3. The molecule has 3 heterocycles. The number of anilines is 1. The molecule has 0 bridgehead atoms. The van der Waals surface area contributed by atoms with Crippen molar-refractivity contribution in [2.24, 2.45) is 0 Å². The zero-order chi connectivity index (χ0) is 21.0. The molecule has 0 unspecified atom stereocenters. The maximum atomic E-state index is 13.5. The van der Waals surface area contributed by atoms with E-state index in [0.717, 1.165) is 11.1 Å². The smallest absolute Gasteiger partial charge is 0.272 e. The van der Waals surface area contributed by atoms with Crippen LogP contribution in [0.1, 0.15) is 10.5 Å². The average molecular weight is 410 g/mol. The van der Waals surface area contributed by atoms with Crippen LogP contribution < -0.4 is 4.90 Å². The van der Waals surface area contributed by atoms with Crippen molar-refractivity contribution in [1.82, 2.24) is 24.8 Å². The van der Waals surface area contributed by atoms with Crippen molar-refractivity contribution < 1.29 is 4.79 Å². The summed E-state index contributed by atoms with van der Waals surface area (Å²) in [5, 5.41) is 0. The SMILES string of the molecule is O=C(c1[nH]c(-c2ccccc2)nc1-c1ccccc1)N1CCN(c2ncccn2)CC1. The molecule has 31 heavy (non-hydrogen) atoms. The highest BCUT2D eigenvalue weighted by atomic mass is 16.2. The predicted octanol–water partition coefficient (Wildman–Crippen LogP) is 3.50. The van der Waals surface area contributed by atoms with Gasteiger partial charge in [0, 0.05) is 49.7 Å². The summed E-state index contributed by atoms with van der Waals surface area (Å²) in [6.45, 7) is 2.59. The largest absolute Gasteiger partial charge is 0.337 e. The summed E-state index contributed by atoms with van der Waals surface area (Å²) in [5.74, 6) is 1.36. The van der Waals surface area contributed by atoms with Gasteiger partial charge >= 0.3 is 0 Å². The number of benzene rings is 2. The van der Waals surface area contributed by atoms with Crippen LogP contribution in [0, 0.1) is 0 Å². The summed E-state index contributed by atoms with van der Waals surface area (Å²) in [5.41, 5.74) is 3.07. The van der Waals surface area contributed by atoms with Crippen LogP contribution >= 0.6 is 0 Å². The summed E-state index contributed by atoms with van der Waals surface area (Å²) in [7, 11) is 0. The van der Waals surface area contributed by atoms with E-state index in [4.69, 9.17) is 4.98 Å². The number of amides is 1. The van der Waals surface area contributed by atoms with E-state index >= 15 is 0 Å².